The fourth-order valence-corrected chi connectivity index (χ4v) is 3.03. The van der Waals surface area contributed by atoms with Crippen molar-refractivity contribution in [3.63, 3.8) is 0 Å². The second-order valence-electron chi connectivity index (χ2n) is 4.94. The number of nitrogens with two attached hydrogens (primary N) is 1. The van der Waals surface area contributed by atoms with E-state index >= 15 is 0 Å². The van der Waals surface area contributed by atoms with Crippen molar-refractivity contribution in [3.8, 4) is 0 Å². The molecule has 0 bridgehead atoms. The van der Waals surface area contributed by atoms with E-state index in [0.717, 1.165) is 17.0 Å². The number of thiophene rings is 1. The Labute approximate surface area is 125 Å². The van der Waals surface area contributed by atoms with Gasteiger partial charge in [0, 0.05) is 34.0 Å². The molecule has 0 saturated heterocycles. The average molecular weight is 310 g/mol. The van der Waals surface area contributed by atoms with E-state index in [4.69, 9.17) is 5.73 Å². The van der Waals surface area contributed by atoms with Gasteiger partial charge >= 0.3 is 0 Å². The lowest BCUT2D eigenvalue weighted by atomic mass is 10.1. The molecule has 0 fully saturated rings. The number of hydrogen-bond acceptors (Lipinski definition) is 3. The molecule has 0 spiro atoms. The quantitative estimate of drug-likeness (QED) is 0.852. The van der Waals surface area contributed by atoms with Crippen LogP contribution in [0.4, 0.5) is 14.5 Å². The van der Waals surface area contributed by atoms with Gasteiger partial charge < -0.3 is 11.1 Å². The van der Waals surface area contributed by atoms with Crippen LogP contribution in [0.5, 0.6) is 0 Å². The molecule has 2 aromatic rings. The zero-order valence-corrected chi connectivity index (χ0v) is 12.6. The summed E-state index contributed by atoms with van der Waals surface area (Å²) in [6.07, 6.45) is 0.674. The fourth-order valence-electron chi connectivity index (χ4n) is 2.01. The Kier molecular flexibility index (Phi) is 4.57. The third-order valence-corrected chi connectivity index (χ3v) is 4.04. The summed E-state index contributed by atoms with van der Waals surface area (Å²) < 4.78 is 26.2. The molecule has 21 heavy (non-hydrogen) atoms. The molecule has 0 aliphatic carbocycles. The van der Waals surface area contributed by atoms with E-state index in [9.17, 15) is 13.6 Å². The lowest BCUT2D eigenvalue weighted by molar-refractivity contribution is 0.0940. The minimum atomic E-state index is -1.09. The highest BCUT2D eigenvalue weighted by Crippen LogP contribution is 2.19. The summed E-state index contributed by atoms with van der Waals surface area (Å²) >= 11 is 1.66. The first-order valence-electron chi connectivity index (χ1n) is 6.47. The molecule has 1 atom stereocenters. The van der Waals surface area contributed by atoms with Crippen molar-refractivity contribution >= 4 is 22.9 Å². The van der Waals surface area contributed by atoms with Crippen molar-refractivity contribution in [2.24, 2.45) is 0 Å². The summed E-state index contributed by atoms with van der Waals surface area (Å²) in [5.41, 5.74) is 5.43. The van der Waals surface area contributed by atoms with Crippen LogP contribution in [-0.4, -0.2) is 11.9 Å². The van der Waals surface area contributed by atoms with Crippen LogP contribution in [0.25, 0.3) is 0 Å². The third kappa shape index (κ3) is 3.78. The van der Waals surface area contributed by atoms with Crippen molar-refractivity contribution in [1.82, 2.24) is 5.32 Å². The van der Waals surface area contributed by atoms with Crippen LogP contribution in [0.2, 0.25) is 0 Å². The fraction of sp³-hybridized carbons (Fsp3) is 0.267. The molecule has 1 amide bonds. The normalized spacial score (nSPS) is 12.2. The van der Waals surface area contributed by atoms with Gasteiger partial charge in [-0.3, -0.25) is 4.79 Å². The largest absolute Gasteiger partial charge is 0.398 e. The Balaban J connectivity index is 2.05. The van der Waals surface area contributed by atoms with E-state index < -0.39 is 17.5 Å². The lowest BCUT2D eigenvalue weighted by Crippen LogP contribution is -2.34. The van der Waals surface area contributed by atoms with E-state index in [1.807, 2.05) is 26.0 Å². The summed E-state index contributed by atoms with van der Waals surface area (Å²) in [5.74, 6) is -2.66. The van der Waals surface area contributed by atoms with Crippen LogP contribution in [-0.2, 0) is 6.42 Å². The van der Waals surface area contributed by atoms with E-state index in [0.29, 0.717) is 6.42 Å². The zero-order valence-electron chi connectivity index (χ0n) is 11.7. The molecule has 1 heterocycles. The number of aryl methyl sites for hydroxylation is 1. The Morgan fingerprint density at radius 1 is 1.33 bits per heavy atom. The number of rotatable bonds is 4. The Bertz CT molecular complexity index is 670. The molecule has 0 aliphatic rings. The van der Waals surface area contributed by atoms with Gasteiger partial charge in [-0.1, -0.05) is 0 Å². The van der Waals surface area contributed by atoms with Crippen molar-refractivity contribution in [2.75, 3.05) is 5.73 Å². The van der Waals surface area contributed by atoms with Gasteiger partial charge in [0.2, 0.25) is 0 Å². The van der Waals surface area contributed by atoms with E-state index in [2.05, 4.69) is 5.32 Å². The van der Waals surface area contributed by atoms with Crippen LogP contribution in [0.3, 0.4) is 0 Å². The molecule has 0 saturated carbocycles. The Morgan fingerprint density at radius 3 is 2.62 bits per heavy atom. The molecular weight excluding hydrogens is 294 g/mol. The maximum absolute atomic E-state index is 13.2. The van der Waals surface area contributed by atoms with Gasteiger partial charge in [-0.2, -0.15) is 0 Å². The Morgan fingerprint density at radius 2 is 2.00 bits per heavy atom. The topological polar surface area (TPSA) is 55.1 Å². The van der Waals surface area contributed by atoms with Crippen molar-refractivity contribution in [2.45, 2.75) is 26.3 Å². The van der Waals surface area contributed by atoms with Crippen molar-refractivity contribution in [1.29, 1.82) is 0 Å². The standard InChI is InChI=1S/C15H16F2N2OS/c1-8(5-10-4-3-9(2)21-10)19-15(20)11-6-12(16)13(17)7-14(11)18/h3-4,6-8H,5,18H2,1-2H3,(H,19,20). The van der Waals surface area contributed by atoms with Gasteiger partial charge in [-0.25, -0.2) is 8.78 Å². The molecule has 6 heteroatoms. The van der Waals surface area contributed by atoms with Crippen LogP contribution < -0.4 is 11.1 Å². The number of carbonyl (C=O) groups is 1. The third-order valence-electron chi connectivity index (χ3n) is 3.02. The smallest absolute Gasteiger partial charge is 0.253 e. The predicted octanol–water partition coefficient (Wildman–Crippen LogP) is 3.28. The van der Waals surface area contributed by atoms with E-state index in [1.165, 1.54) is 4.88 Å². The molecule has 3 N–H and O–H groups in total. The minimum absolute atomic E-state index is 0.0527. The first-order chi connectivity index (χ1) is 9.86. The summed E-state index contributed by atoms with van der Waals surface area (Å²) in [7, 11) is 0. The number of anilines is 1. The number of amides is 1. The van der Waals surface area contributed by atoms with Gasteiger partial charge in [-0.05, 0) is 32.0 Å². The van der Waals surface area contributed by atoms with Crippen LogP contribution in [0.1, 0.15) is 27.0 Å². The minimum Gasteiger partial charge on any atom is -0.398 e. The summed E-state index contributed by atoms with van der Waals surface area (Å²) in [6.45, 7) is 3.86. The number of nitrogens with one attached hydrogen (secondary N) is 1. The van der Waals surface area contributed by atoms with E-state index in [1.54, 1.807) is 11.3 Å². The Hall–Kier alpha value is -1.95. The van der Waals surface area contributed by atoms with Gasteiger partial charge in [0.25, 0.3) is 5.91 Å². The first-order valence-corrected chi connectivity index (χ1v) is 7.29. The SMILES string of the molecule is Cc1ccc(CC(C)NC(=O)c2cc(F)c(F)cc2N)s1. The predicted molar refractivity (Wildman–Crippen MR) is 80.5 cm³/mol. The molecule has 1 aromatic carbocycles. The monoisotopic (exact) mass is 310 g/mol. The second kappa shape index (κ2) is 6.22. The number of nitrogen functional groups attached to an aromatic ring is 1. The number of benzene rings is 1. The molecular formula is C15H16F2N2OS. The van der Waals surface area contributed by atoms with E-state index in [-0.39, 0.29) is 17.3 Å². The highest BCUT2D eigenvalue weighted by Gasteiger charge is 2.16. The van der Waals surface area contributed by atoms with Crippen LogP contribution in [0, 0.1) is 18.6 Å². The van der Waals surface area contributed by atoms with Gasteiger partial charge in [0.05, 0.1) is 5.56 Å². The highest BCUT2D eigenvalue weighted by molar-refractivity contribution is 7.11. The van der Waals surface area contributed by atoms with Crippen LogP contribution in [0.15, 0.2) is 24.3 Å². The van der Waals surface area contributed by atoms with Gasteiger partial charge in [-0.15, -0.1) is 11.3 Å². The molecule has 1 aromatic heterocycles. The van der Waals surface area contributed by atoms with Gasteiger partial charge in [0.15, 0.2) is 11.6 Å². The first kappa shape index (κ1) is 15.4. The van der Waals surface area contributed by atoms with Crippen molar-refractivity contribution < 1.29 is 13.6 Å². The number of carbonyl (C=O) groups excluding carboxylic acids is 1. The maximum Gasteiger partial charge on any atom is 0.253 e. The second-order valence-corrected chi connectivity index (χ2v) is 6.32. The molecule has 3 nitrogen and oxygen atoms in total. The molecule has 1 unspecified atom stereocenters. The summed E-state index contributed by atoms with van der Waals surface area (Å²) in [5, 5.41) is 2.74. The number of halogens is 2. The van der Waals surface area contributed by atoms with Crippen LogP contribution >= 0.6 is 11.3 Å². The molecule has 0 radical (unpaired) electrons. The van der Waals surface area contributed by atoms with Crippen molar-refractivity contribution in [3.05, 3.63) is 51.2 Å². The lowest BCUT2D eigenvalue weighted by Gasteiger charge is -2.14. The highest BCUT2D eigenvalue weighted by atomic mass is 32.1. The number of hydrogen-bond donors (Lipinski definition) is 2. The van der Waals surface area contributed by atoms with Gasteiger partial charge in [0.1, 0.15) is 0 Å². The molecule has 112 valence electrons. The zero-order chi connectivity index (χ0) is 15.6. The molecule has 0 aliphatic heterocycles. The maximum atomic E-state index is 13.2. The average Bonchev–Trinajstić information content (AvgIpc) is 2.78. The molecule has 2 rings (SSSR count). The summed E-state index contributed by atoms with van der Waals surface area (Å²) in [4.78, 5) is 14.4. The summed E-state index contributed by atoms with van der Waals surface area (Å²) in [6, 6.07) is 5.53.